The molecule has 2 nitrogen and oxygen atoms in total. The Morgan fingerprint density at radius 1 is 1.40 bits per heavy atom. The van der Waals surface area contributed by atoms with Crippen molar-refractivity contribution in [3.05, 3.63) is 17.5 Å². The zero-order valence-corrected chi connectivity index (χ0v) is 12.3. The van der Waals surface area contributed by atoms with Gasteiger partial charge < -0.3 is 0 Å². The van der Waals surface area contributed by atoms with Gasteiger partial charge in [0, 0.05) is 26.6 Å². The second-order valence-electron chi connectivity index (χ2n) is 5.26. The van der Waals surface area contributed by atoms with Crippen LogP contribution in [0.15, 0.2) is 6.07 Å². The van der Waals surface area contributed by atoms with Crippen LogP contribution >= 0.6 is 11.8 Å². The van der Waals surface area contributed by atoms with Crippen LogP contribution in [0.2, 0.25) is 25.7 Å². The van der Waals surface area contributed by atoms with E-state index in [0.717, 1.165) is 5.75 Å². The Labute approximate surface area is 98.5 Å². The number of rotatable bonds is 5. The summed E-state index contributed by atoms with van der Waals surface area (Å²) < 4.78 is 1.95. The number of aromatic nitrogens is 2. The second kappa shape index (κ2) is 5.21. The number of hydrogen-bond donors (Lipinski definition) is 0. The molecule has 0 saturated carbocycles. The van der Waals surface area contributed by atoms with E-state index in [1.807, 2.05) is 23.5 Å². The van der Waals surface area contributed by atoms with E-state index < -0.39 is 8.07 Å². The highest BCUT2D eigenvalue weighted by molar-refractivity contribution is 7.98. The second-order valence-corrected chi connectivity index (χ2v) is 12.0. The SMILES string of the molecule is Cc1cc(CSCC[Si](C)(C)C)nn1C. The molecule has 15 heavy (non-hydrogen) atoms. The first-order chi connectivity index (χ1) is 6.88. The van der Waals surface area contributed by atoms with Crippen LogP contribution in [0, 0.1) is 6.92 Å². The lowest BCUT2D eigenvalue weighted by Gasteiger charge is -2.14. The van der Waals surface area contributed by atoms with Gasteiger partial charge in [0.25, 0.3) is 0 Å². The lowest BCUT2D eigenvalue weighted by Crippen LogP contribution is -2.19. The smallest absolute Gasteiger partial charge is 0.0726 e. The van der Waals surface area contributed by atoms with Crippen molar-refractivity contribution in [3.8, 4) is 0 Å². The molecule has 4 heteroatoms. The van der Waals surface area contributed by atoms with Crippen LogP contribution in [0.4, 0.5) is 0 Å². The lowest BCUT2D eigenvalue weighted by molar-refractivity contribution is 0.730. The average Bonchev–Trinajstić information content (AvgIpc) is 2.39. The fourth-order valence-corrected chi connectivity index (χ4v) is 4.78. The molecule has 0 spiro atoms. The maximum atomic E-state index is 4.45. The molecular formula is C11H22N2SSi. The molecule has 0 saturated heterocycles. The van der Waals surface area contributed by atoms with Crippen LogP contribution in [-0.2, 0) is 12.8 Å². The highest BCUT2D eigenvalue weighted by Crippen LogP contribution is 2.17. The molecule has 86 valence electrons. The first-order valence-electron chi connectivity index (χ1n) is 5.46. The molecule has 0 amide bonds. The summed E-state index contributed by atoms with van der Waals surface area (Å²) in [7, 11) is 1.16. The van der Waals surface area contributed by atoms with Crippen LogP contribution in [0.5, 0.6) is 0 Å². The number of hydrogen-bond acceptors (Lipinski definition) is 2. The zero-order valence-electron chi connectivity index (χ0n) is 10.5. The third-order valence-corrected chi connectivity index (χ3v) is 5.52. The van der Waals surface area contributed by atoms with E-state index >= 15 is 0 Å². The minimum Gasteiger partial charge on any atom is -0.273 e. The van der Waals surface area contributed by atoms with Crippen LogP contribution in [0.1, 0.15) is 11.4 Å². The van der Waals surface area contributed by atoms with Crippen molar-refractivity contribution in [1.82, 2.24) is 9.78 Å². The van der Waals surface area contributed by atoms with Crippen molar-refractivity contribution in [1.29, 1.82) is 0 Å². The highest BCUT2D eigenvalue weighted by Gasteiger charge is 2.12. The highest BCUT2D eigenvalue weighted by atomic mass is 32.2. The predicted molar refractivity (Wildman–Crippen MR) is 72.3 cm³/mol. The lowest BCUT2D eigenvalue weighted by atomic mass is 10.4. The number of thioether (sulfide) groups is 1. The van der Waals surface area contributed by atoms with Gasteiger partial charge in [-0.3, -0.25) is 4.68 Å². The van der Waals surface area contributed by atoms with Crippen molar-refractivity contribution >= 4 is 19.8 Å². The molecule has 0 aliphatic carbocycles. The molecule has 1 aromatic heterocycles. The van der Waals surface area contributed by atoms with E-state index in [9.17, 15) is 0 Å². The van der Waals surface area contributed by atoms with Gasteiger partial charge in [0.2, 0.25) is 0 Å². The summed E-state index contributed by atoms with van der Waals surface area (Å²) in [6.07, 6.45) is 0. The number of nitrogens with zero attached hydrogens (tertiary/aromatic N) is 2. The molecule has 0 atom stereocenters. The summed E-state index contributed by atoms with van der Waals surface area (Å²) in [6.45, 7) is 9.39. The van der Waals surface area contributed by atoms with Crippen LogP contribution < -0.4 is 0 Å². The summed E-state index contributed by atoms with van der Waals surface area (Å²) in [5, 5.41) is 4.45. The molecule has 1 rings (SSSR count). The molecule has 0 N–H and O–H groups in total. The van der Waals surface area contributed by atoms with Crippen LogP contribution in [0.3, 0.4) is 0 Å². The molecule has 1 aromatic rings. The van der Waals surface area contributed by atoms with E-state index in [-0.39, 0.29) is 0 Å². The van der Waals surface area contributed by atoms with Crippen molar-refractivity contribution in [2.75, 3.05) is 5.75 Å². The van der Waals surface area contributed by atoms with Crippen molar-refractivity contribution < 1.29 is 0 Å². The van der Waals surface area contributed by atoms with Gasteiger partial charge in [-0.25, -0.2) is 0 Å². The first kappa shape index (κ1) is 12.8. The largest absolute Gasteiger partial charge is 0.273 e. The summed E-state index contributed by atoms with van der Waals surface area (Å²) >= 11 is 2.01. The molecule has 1 heterocycles. The van der Waals surface area contributed by atoms with Gasteiger partial charge in [0.05, 0.1) is 5.69 Å². The summed E-state index contributed by atoms with van der Waals surface area (Å²) in [5.74, 6) is 2.34. The van der Waals surface area contributed by atoms with Gasteiger partial charge in [0.15, 0.2) is 0 Å². The number of aryl methyl sites for hydroxylation is 2. The average molecular weight is 242 g/mol. The van der Waals surface area contributed by atoms with Gasteiger partial charge in [-0.1, -0.05) is 19.6 Å². The third-order valence-electron chi connectivity index (χ3n) is 2.41. The molecule has 0 aromatic carbocycles. The Balaban J connectivity index is 2.26. The minimum atomic E-state index is -0.848. The standard InChI is InChI=1S/C11H22N2SSi/c1-10-8-11(12-13(10)2)9-14-6-7-15(3,4)5/h8H,6-7,9H2,1-5H3. The maximum Gasteiger partial charge on any atom is 0.0726 e. The molecule has 0 aliphatic heterocycles. The fourth-order valence-electron chi connectivity index (χ4n) is 1.26. The molecule has 0 aliphatic rings. The van der Waals surface area contributed by atoms with E-state index in [4.69, 9.17) is 0 Å². The Bertz CT molecular complexity index is 295. The summed E-state index contributed by atoms with van der Waals surface area (Å²) in [5.41, 5.74) is 2.46. The van der Waals surface area contributed by atoms with E-state index in [1.165, 1.54) is 23.2 Å². The molecule has 0 unspecified atom stereocenters. The van der Waals surface area contributed by atoms with Crippen molar-refractivity contribution in [3.63, 3.8) is 0 Å². The quantitative estimate of drug-likeness (QED) is 0.582. The van der Waals surface area contributed by atoms with E-state index in [0.29, 0.717) is 0 Å². The monoisotopic (exact) mass is 242 g/mol. The fraction of sp³-hybridized carbons (Fsp3) is 0.727. The Kier molecular flexibility index (Phi) is 4.46. The Morgan fingerprint density at radius 3 is 2.53 bits per heavy atom. The Morgan fingerprint density at radius 2 is 2.07 bits per heavy atom. The van der Waals surface area contributed by atoms with Crippen molar-refractivity contribution in [2.45, 2.75) is 38.4 Å². The van der Waals surface area contributed by atoms with Crippen LogP contribution in [-0.4, -0.2) is 23.6 Å². The summed E-state index contributed by atoms with van der Waals surface area (Å²) in [4.78, 5) is 0. The maximum absolute atomic E-state index is 4.45. The van der Waals surface area contributed by atoms with Gasteiger partial charge in [0.1, 0.15) is 0 Å². The zero-order chi connectivity index (χ0) is 11.5. The molecule has 0 radical (unpaired) electrons. The normalized spacial score (nSPS) is 12.1. The first-order valence-corrected chi connectivity index (χ1v) is 10.3. The van der Waals surface area contributed by atoms with Crippen LogP contribution in [0.25, 0.3) is 0 Å². The van der Waals surface area contributed by atoms with Gasteiger partial charge in [-0.2, -0.15) is 16.9 Å². The molecule has 0 bridgehead atoms. The van der Waals surface area contributed by atoms with Gasteiger partial charge in [-0.15, -0.1) is 0 Å². The minimum absolute atomic E-state index is 0.848. The molecular weight excluding hydrogens is 220 g/mol. The summed E-state index contributed by atoms with van der Waals surface area (Å²) in [6, 6.07) is 3.59. The predicted octanol–water partition coefficient (Wildman–Crippen LogP) is 3.30. The third kappa shape index (κ3) is 4.89. The topological polar surface area (TPSA) is 17.8 Å². The van der Waals surface area contributed by atoms with Crippen molar-refractivity contribution in [2.24, 2.45) is 7.05 Å². The van der Waals surface area contributed by atoms with E-state index in [1.54, 1.807) is 0 Å². The van der Waals surface area contributed by atoms with Gasteiger partial charge >= 0.3 is 0 Å². The molecule has 0 fully saturated rings. The van der Waals surface area contributed by atoms with E-state index in [2.05, 4.69) is 37.7 Å². The Hall–Kier alpha value is -0.223. The van der Waals surface area contributed by atoms with Gasteiger partial charge in [-0.05, 0) is 24.8 Å².